The van der Waals surface area contributed by atoms with Gasteiger partial charge in [-0.15, -0.1) is 0 Å². The Bertz CT molecular complexity index is 5460. The molecule has 8 heterocycles. The predicted molar refractivity (Wildman–Crippen MR) is 536 cm³/mol. The molecular weight excluding hydrogens is 1740 g/mol. The van der Waals surface area contributed by atoms with Crippen molar-refractivity contribution in [1.82, 2.24) is 35.1 Å². The number of nitrogens with one attached hydrogen (secondary N) is 3. The number of carbonyl (C=O) groups is 5. The number of hydrogen-bond acceptors (Lipinski definition) is 19. The number of amides is 4. The average Bonchev–Trinajstić information content (AvgIpc) is 1.75. The van der Waals surface area contributed by atoms with Gasteiger partial charge in [0, 0.05) is 42.9 Å². The first-order valence-corrected chi connectivity index (χ1v) is 47.9. The molecule has 26 heteroatoms. The van der Waals surface area contributed by atoms with Crippen LogP contribution in [-0.2, 0) is 90.7 Å². The van der Waals surface area contributed by atoms with E-state index in [1.807, 2.05) is 81.4 Å². The van der Waals surface area contributed by atoms with E-state index in [1.54, 1.807) is 32.9 Å². The number of hydrogen-bond donors (Lipinski definition) is 6. The SMILES string of the molecule is CC(C)(C)OC(=O)N1CCOC(C(=O)Nc2cccc(-c3ccc4c(c3)C(C)(C)CCC4(C)C)n2)C1.CC(C)(C)OC(=O)N1CCOC(C(=O)O)C1.CC1(C)CCC(C)(C)c2cc(-c3cccc(N)n3)ccc21.CC1(C)CCC(C)(C)c2cc(-c3cccc(NC(=O)C4CNCCO4)n3)ccc21.CC1(C)CCC(C)(C)c2cc(B3OC(C)(C)C(C)(C)O3)ccc21.Nc1cccc(Br)n1. The van der Waals surface area contributed by atoms with Crippen LogP contribution in [0.15, 0.2) is 150 Å². The second-order valence-corrected chi connectivity index (χ2v) is 45.7. The smallest absolute Gasteiger partial charge is 0.479 e. The molecule has 4 aliphatic carbocycles. The topological polar surface area (TPSA) is 316 Å². The van der Waals surface area contributed by atoms with Crippen molar-refractivity contribution >= 4 is 81.8 Å². The molecule has 3 atom stereocenters. The number of nitrogens with zero attached hydrogens (tertiary/aromatic N) is 6. The van der Waals surface area contributed by atoms with Crippen LogP contribution in [-0.4, -0.2) is 172 Å². The predicted octanol–water partition coefficient (Wildman–Crippen LogP) is 20.8. The lowest BCUT2D eigenvalue weighted by atomic mass is 9.61. The van der Waals surface area contributed by atoms with Gasteiger partial charge in [-0.05, 0) is 297 Å². The van der Waals surface area contributed by atoms with Crippen LogP contribution >= 0.6 is 15.9 Å². The normalized spacial score (nSPS) is 21.4. The summed E-state index contributed by atoms with van der Waals surface area (Å²) in [5, 5.41) is 17.7. The van der Waals surface area contributed by atoms with Crippen LogP contribution in [0.2, 0.25) is 0 Å². The summed E-state index contributed by atoms with van der Waals surface area (Å²) >= 11 is 3.17. The van der Waals surface area contributed by atoms with Gasteiger partial charge >= 0.3 is 25.3 Å². The van der Waals surface area contributed by atoms with Crippen molar-refractivity contribution in [1.29, 1.82) is 0 Å². The Morgan fingerprint density at radius 2 is 0.752 bits per heavy atom. The number of nitrogen functional groups attached to an aromatic ring is 2. The zero-order valence-corrected chi connectivity index (χ0v) is 85.3. The lowest BCUT2D eigenvalue weighted by Gasteiger charge is -2.42. The molecule has 0 spiro atoms. The molecule has 8 aromatic rings. The Morgan fingerprint density at radius 1 is 0.421 bits per heavy atom. The number of carboxylic acid groups (broad SMARTS) is 1. The van der Waals surface area contributed by atoms with Gasteiger partial charge < -0.3 is 75.3 Å². The summed E-state index contributed by atoms with van der Waals surface area (Å²) in [5.74, 6) is 0.570. The Hall–Kier alpha value is -9.67. The zero-order valence-electron chi connectivity index (χ0n) is 83.7. The van der Waals surface area contributed by atoms with Gasteiger partial charge in [-0.25, -0.2) is 34.3 Å². The number of nitrogens with two attached hydrogens (primary N) is 2. The molecule has 4 aromatic carbocycles. The first kappa shape index (κ1) is 104. The van der Waals surface area contributed by atoms with Gasteiger partial charge in [0.25, 0.3) is 11.8 Å². The molecule has 3 unspecified atom stereocenters. The molecule has 4 aromatic heterocycles. The molecule has 718 valence electrons. The second-order valence-electron chi connectivity index (χ2n) is 44.8. The first-order valence-electron chi connectivity index (χ1n) is 47.1. The largest absolute Gasteiger partial charge is 0.494 e. The van der Waals surface area contributed by atoms with E-state index in [9.17, 15) is 24.0 Å². The van der Waals surface area contributed by atoms with Crippen LogP contribution in [0.25, 0.3) is 33.8 Å². The van der Waals surface area contributed by atoms with Crippen LogP contribution in [0.4, 0.5) is 32.9 Å². The van der Waals surface area contributed by atoms with Crippen LogP contribution < -0.4 is 32.9 Å². The number of halogens is 1. The number of anilines is 4. The molecule has 4 aliphatic heterocycles. The number of aliphatic carboxylic acids is 1. The standard InChI is InChI=1S/C29H39N3O4.C24H31N3O2.C20H31BO2.C19H24N2.C10H17NO5.C5H5BrN2/c1-27(2,3)36-26(34)32-15-16-35-23(18-32)25(33)31-24-10-8-9-22(30-24)19-11-12-20-21(17-19)29(6,7)14-13-28(20,4)5;1-23(2)10-11-24(3,4)18-14-16(8-9-17(18)23)19-6-5-7-21(26-19)27-22(28)20-15-25-12-13-29-20;1-17(2)11-12-18(3,4)16-13-14(9-10-15(16)17)21-22-19(5,6)20(7,8)23-21;1-18(2)10-11-19(3,4)15-12-13(8-9-14(15)18)16-6-5-7-17(20)21-16;1-10(2,3)16-9(14)11-4-5-15-7(6-11)8(12)13;6-4-2-1-3-5(7)8-4/h8-12,17,23H,13-16,18H2,1-7H3,(H,30,31,33);5-9,14,20,25H,10-13,15H2,1-4H3,(H,26,27,28);9-10,13H,11-12H2,1-8H3;5-9,12H,10-11H2,1-4H3,(H2,20,21);7H,4-6H2,1-3H3,(H,12,13);1-3H,(H2,7,8). The summed E-state index contributed by atoms with van der Waals surface area (Å²) in [6.45, 7) is 59.8. The highest BCUT2D eigenvalue weighted by Crippen LogP contribution is 2.51. The first-order chi connectivity index (χ1) is 61.7. The minimum Gasteiger partial charge on any atom is -0.479 e. The maximum atomic E-state index is 13.0. The van der Waals surface area contributed by atoms with Crippen LogP contribution in [0.5, 0.6) is 0 Å². The van der Waals surface area contributed by atoms with Crippen molar-refractivity contribution in [2.24, 2.45) is 0 Å². The van der Waals surface area contributed by atoms with Crippen molar-refractivity contribution in [3.8, 4) is 33.8 Å². The van der Waals surface area contributed by atoms with Crippen molar-refractivity contribution < 1.29 is 62.1 Å². The Balaban J connectivity index is 0.000000160. The van der Waals surface area contributed by atoms with E-state index >= 15 is 0 Å². The van der Waals surface area contributed by atoms with E-state index in [2.05, 4.69) is 253 Å². The van der Waals surface area contributed by atoms with Crippen molar-refractivity contribution in [3.63, 3.8) is 0 Å². The summed E-state index contributed by atoms with van der Waals surface area (Å²) < 4.78 is 40.0. The third-order valence-electron chi connectivity index (χ3n) is 27.6. The lowest BCUT2D eigenvalue weighted by molar-refractivity contribution is -0.155. The number of rotatable bonds is 9. The van der Waals surface area contributed by atoms with Gasteiger partial charge in [0.2, 0.25) is 0 Å². The highest BCUT2D eigenvalue weighted by molar-refractivity contribution is 9.10. The van der Waals surface area contributed by atoms with Crippen LogP contribution in [0.3, 0.4) is 0 Å². The zero-order chi connectivity index (χ0) is 97.8. The summed E-state index contributed by atoms with van der Waals surface area (Å²) in [6.07, 6.45) is 6.45. The molecule has 133 heavy (non-hydrogen) atoms. The van der Waals surface area contributed by atoms with Gasteiger partial charge in [-0.1, -0.05) is 190 Å². The van der Waals surface area contributed by atoms with Gasteiger partial charge in [-0.2, -0.15) is 0 Å². The lowest BCUT2D eigenvalue weighted by Crippen LogP contribution is -2.51. The third-order valence-corrected chi connectivity index (χ3v) is 28.0. The highest BCUT2D eigenvalue weighted by atomic mass is 79.9. The molecule has 16 rings (SSSR count). The van der Waals surface area contributed by atoms with E-state index in [1.165, 1.54) is 99.3 Å². The van der Waals surface area contributed by atoms with E-state index < -0.39 is 47.7 Å². The molecule has 4 saturated heterocycles. The van der Waals surface area contributed by atoms with Crippen LogP contribution in [0.1, 0.15) is 276 Å². The number of aromatic nitrogens is 4. The summed E-state index contributed by atoms with van der Waals surface area (Å²) in [6, 6.07) is 49.5. The maximum Gasteiger partial charge on any atom is 0.494 e. The number of morpholine rings is 3. The Kier molecular flexibility index (Phi) is 31.8. The fraction of sp³-hybridized carbons (Fsp3) is 0.542. The van der Waals surface area contributed by atoms with Crippen molar-refractivity contribution in [3.05, 3.63) is 195 Å². The number of fused-ring (bicyclic) bond motifs is 4. The third kappa shape index (κ3) is 26.3. The van der Waals surface area contributed by atoms with Gasteiger partial charge in [0.05, 0.1) is 61.2 Å². The molecule has 0 bridgehead atoms. The average molecular weight is 1890 g/mol. The van der Waals surface area contributed by atoms with E-state index in [-0.39, 0.29) is 99.8 Å². The van der Waals surface area contributed by atoms with Crippen molar-refractivity contribution in [2.45, 2.75) is 315 Å². The number of ether oxygens (including phenoxy) is 5. The minimum atomic E-state index is -1.06. The summed E-state index contributed by atoms with van der Waals surface area (Å²) in [5.41, 5.74) is 29.5. The molecule has 4 fully saturated rings. The van der Waals surface area contributed by atoms with Gasteiger partial charge in [0.15, 0.2) is 12.2 Å². The van der Waals surface area contributed by atoms with Crippen molar-refractivity contribution in [2.75, 3.05) is 81.2 Å². The van der Waals surface area contributed by atoms with E-state index in [0.29, 0.717) is 49.5 Å². The molecule has 0 radical (unpaired) electrons. The highest BCUT2D eigenvalue weighted by Gasteiger charge is 2.53. The Labute approximate surface area is 799 Å². The maximum absolute atomic E-state index is 13.0. The number of benzene rings is 4. The quantitative estimate of drug-likeness (QED) is 0.0578. The molecule has 4 amide bonds. The molecule has 0 saturated carbocycles. The van der Waals surface area contributed by atoms with Gasteiger partial charge in [-0.3, -0.25) is 9.59 Å². The van der Waals surface area contributed by atoms with Gasteiger partial charge in [0.1, 0.15) is 45.2 Å². The fourth-order valence-corrected chi connectivity index (χ4v) is 18.4. The second kappa shape index (κ2) is 40.7. The molecule has 24 nitrogen and oxygen atoms in total. The molecule has 8 N–H and O–H groups in total. The summed E-state index contributed by atoms with van der Waals surface area (Å²) in [4.78, 5) is 80.8. The fourth-order valence-electron chi connectivity index (χ4n) is 18.1. The monoisotopic (exact) mass is 1880 g/mol. The Morgan fingerprint density at radius 3 is 1.11 bits per heavy atom. The summed E-state index contributed by atoms with van der Waals surface area (Å²) in [7, 11) is -0.272. The minimum absolute atomic E-state index is 0.0320. The number of pyridine rings is 4. The van der Waals surface area contributed by atoms with Crippen LogP contribution in [0, 0.1) is 0 Å². The molecule has 8 aliphatic rings. The van der Waals surface area contributed by atoms with E-state index in [0.717, 1.165) is 56.8 Å². The number of carboxylic acids is 1. The number of carbonyl (C=O) groups excluding carboxylic acids is 4. The molecular formula is C107H147BBrN11O13. The van der Waals surface area contributed by atoms with E-state index in [4.69, 9.17) is 59.5 Å².